The molecule has 18 heavy (non-hydrogen) atoms. The third kappa shape index (κ3) is 3.97. The number of rotatable bonds is 5. The van der Waals surface area contributed by atoms with Crippen molar-refractivity contribution < 1.29 is 9.90 Å². The maximum atomic E-state index is 11.7. The lowest BCUT2D eigenvalue weighted by atomic mass is 10.1. The Labute approximate surface area is 116 Å². The number of aliphatic hydroxyl groups is 1. The van der Waals surface area contributed by atoms with Crippen LogP contribution in [0.4, 0.5) is 0 Å². The predicted octanol–water partition coefficient (Wildman–Crippen LogP) is 2.61. The molecule has 1 fully saturated rings. The third-order valence-corrected chi connectivity index (χ3v) is 4.70. The zero-order valence-electron chi connectivity index (χ0n) is 10.2. The van der Waals surface area contributed by atoms with Crippen LogP contribution in [0.2, 0.25) is 4.34 Å². The molecule has 1 aliphatic carbocycles. The fourth-order valence-corrected chi connectivity index (χ4v) is 3.40. The summed E-state index contributed by atoms with van der Waals surface area (Å²) < 4.78 is 0.763. The molecule has 1 aliphatic rings. The minimum Gasteiger partial charge on any atom is -0.393 e. The quantitative estimate of drug-likeness (QED) is 0.875. The highest BCUT2D eigenvalue weighted by Crippen LogP contribution is 2.25. The van der Waals surface area contributed by atoms with Gasteiger partial charge in [-0.15, -0.1) is 11.3 Å². The fraction of sp³-hybridized carbons (Fsp3) is 0.615. The standard InChI is InChI=1S/C13H18ClNO2S/c14-12-6-4-10(18-12)5-7-13(17)15-8-9-2-1-3-11(9)16/h4,6,9,11,16H,1-3,5,7-8H2,(H,15,17)/t9-,11+/m1/s1. The Balaban J connectivity index is 1.66. The number of aliphatic hydroxyl groups excluding tert-OH is 1. The van der Waals surface area contributed by atoms with E-state index in [0.29, 0.717) is 13.0 Å². The van der Waals surface area contributed by atoms with Gasteiger partial charge in [-0.25, -0.2) is 0 Å². The van der Waals surface area contributed by atoms with Crippen molar-refractivity contribution in [2.24, 2.45) is 5.92 Å². The van der Waals surface area contributed by atoms with Gasteiger partial charge in [-0.05, 0) is 31.4 Å². The molecule has 1 heterocycles. The Hall–Kier alpha value is -0.580. The molecule has 2 atom stereocenters. The maximum Gasteiger partial charge on any atom is 0.220 e. The van der Waals surface area contributed by atoms with Crippen LogP contribution >= 0.6 is 22.9 Å². The molecule has 1 aromatic rings. The van der Waals surface area contributed by atoms with Gasteiger partial charge in [0.1, 0.15) is 0 Å². The summed E-state index contributed by atoms with van der Waals surface area (Å²) in [4.78, 5) is 12.8. The fourth-order valence-electron chi connectivity index (χ4n) is 2.31. The summed E-state index contributed by atoms with van der Waals surface area (Å²) >= 11 is 7.35. The van der Waals surface area contributed by atoms with Gasteiger partial charge in [-0.3, -0.25) is 4.79 Å². The molecule has 100 valence electrons. The molecule has 1 aromatic heterocycles. The highest BCUT2D eigenvalue weighted by molar-refractivity contribution is 7.16. The average molecular weight is 288 g/mol. The third-order valence-electron chi connectivity index (χ3n) is 3.41. The lowest BCUT2D eigenvalue weighted by Gasteiger charge is -2.14. The Kier molecular flexibility index (Phi) is 5.03. The van der Waals surface area contributed by atoms with Gasteiger partial charge in [0, 0.05) is 23.8 Å². The first kappa shape index (κ1) is 13.8. The number of aryl methyl sites for hydroxylation is 1. The first-order chi connectivity index (χ1) is 8.65. The first-order valence-electron chi connectivity index (χ1n) is 6.34. The summed E-state index contributed by atoms with van der Waals surface area (Å²) in [5.41, 5.74) is 0. The Bertz CT molecular complexity index is 407. The van der Waals surface area contributed by atoms with Gasteiger partial charge in [-0.2, -0.15) is 0 Å². The van der Waals surface area contributed by atoms with E-state index in [0.717, 1.165) is 34.9 Å². The number of hydrogen-bond donors (Lipinski definition) is 2. The van der Waals surface area contributed by atoms with E-state index in [9.17, 15) is 9.90 Å². The second-order valence-electron chi connectivity index (χ2n) is 4.77. The van der Waals surface area contributed by atoms with Crippen LogP contribution in [0.5, 0.6) is 0 Å². The summed E-state index contributed by atoms with van der Waals surface area (Å²) in [6.07, 6.45) is 3.93. The molecule has 5 heteroatoms. The zero-order chi connectivity index (χ0) is 13.0. The van der Waals surface area contributed by atoms with Crippen molar-refractivity contribution in [3.63, 3.8) is 0 Å². The minimum absolute atomic E-state index is 0.0543. The molecule has 0 spiro atoms. The molecule has 1 saturated carbocycles. The van der Waals surface area contributed by atoms with E-state index in [4.69, 9.17) is 11.6 Å². The van der Waals surface area contributed by atoms with E-state index >= 15 is 0 Å². The van der Waals surface area contributed by atoms with Crippen molar-refractivity contribution in [1.82, 2.24) is 5.32 Å². The van der Waals surface area contributed by atoms with Crippen LogP contribution < -0.4 is 5.32 Å². The molecule has 0 bridgehead atoms. The number of nitrogens with one attached hydrogen (secondary N) is 1. The van der Waals surface area contributed by atoms with Crippen LogP contribution in [0.15, 0.2) is 12.1 Å². The summed E-state index contributed by atoms with van der Waals surface area (Å²) in [7, 11) is 0. The molecular formula is C13H18ClNO2S. The molecule has 3 nitrogen and oxygen atoms in total. The molecule has 0 saturated heterocycles. The molecule has 0 radical (unpaired) electrons. The van der Waals surface area contributed by atoms with Gasteiger partial charge < -0.3 is 10.4 Å². The summed E-state index contributed by atoms with van der Waals surface area (Å²) in [5, 5.41) is 12.6. The topological polar surface area (TPSA) is 49.3 Å². The van der Waals surface area contributed by atoms with Gasteiger partial charge in [0.15, 0.2) is 0 Å². The highest BCUT2D eigenvalue weighted by Gasteiger charge is 2.25. The van der Waals surface area contributed by atoms with Crippen molar-refractivity contribution in [2.45, 2.75) is 38.2 Å². The normalized spacial score (nSPS) is 23.2. The van der Waals surface area contributed by atoms with E-state index in [1.165, 1.54) is 11.3 Å². The number of amides is 1. The first-order valence-corrected chi connectivity index (χ1v) is 7.53. The van der Waals surface area contributed by atoms with Crippen molar-refractivity contribution >= 4 is 28.8 Å². The lowest BCUT2D eigenvalue weighted by Crippen LogP contribution is -2.32. The zero-order valence-corrected chi connectivity index (χ0v) is 11.8. The van der Waals surface area contributed by atoms with E-state index in [1.54, 1.807) is 0 Å². The lowest BCUT2D eigenvalue weighted by molar-refractivity contribution is -0.121. The van der Waals surface area contributed by atoms with Crippen molar-refractivity contribution in [3.05, 3.63) is 21.3 Å². The van der Waals surface area contributed by atoms with Crippen molar-refractivity contribution in [3.8, 4) is 0 Å². The van der Waals surface area contributed by atoms with Crippen molar-refractivity contribution in [1.29, 1.82) is 0 Å². The molecule has 2 N–H and O–H groups in total. The van der Waals surface area contributed by atoms with Crippen molar-refractivity contribution in [2.75, 3.05) is 6.54 Å². The maximum absolute atomic E-state index is 11.7. The highest BCUT2D eigenvalue weighted by atomic mass is 35.5. The van der Waals surface area contributed by atoms with Gasteiger partial charge in [0.2, 0.25) is 5.91 Å². The summed E-state index contributed by atoms with van der Waals surface area (Å²) in [6, 6.07) is 3.81. The second-order valence-corrected chi connectivity index (χ2v) is 6.57. The van der Waals surface area contributed by atoms with E-state index in [-0.39, 0.29) is 17.9 Å². The number of carbonyl (C=O) groups excluding carboxylic acids is 1. The predicted molar refractivity (Wildman–Crippen MR) is 74.0 cm³/mol. The number of carbonyl (C=O) groups is 1. The molecular weight excluding hydrogens is 270 g/mol. The Morgan fingerprint density at radius 1 is 1.50 bits per heavy atom. The van der Waals surface area contributed by atoms with Gasteiger partial charge in [0.05, 0.1) is 10.4 Å². The summed E-state index contributed by atoms with van der Waals surface area (Å²) in [5.74, 6) is 0.295. The second kappa shape index (κ2) is 6.55. The van der Waals surface area contributed by atoms with E-state index in [2.05, 4.69) is 5.32 Å². The Morgan fingerprint density at radius 3 is 2.94 bits per heavy atom. The van der Waals surface area contributed by atoms with Crippen LogP contribution in [-0.2, 0) is 11.2 Å². The van der Waals surface area contributed by atoms with Gasteiger partial charge >= 0.3 is 0 Å². The Morgan fingerprint density at radius 2 is 2.33 bits per heavy atom. The molecule has 2 rings (SSSR count). The van der Waals surface area contributed by atoms with E-state index < -0.39 is 0 Å². The number of hydrogen-bond acceptors (Lipinski definition) is 3. The van der Waals surface area contributed by atoms with Gasteiger partial charge in [0.25, 0.3) is 0 Å². The monoisotopic (exact) mass is 287 g/mol. The SMILES string of the molecule is O=C(CCc1ccc(Cl)s1)NC[C@H]1CCC[C@@H]1O. The van der Waals surface area contributed by atoms with Crippen LogP contribution in [-0.4, -0.2) is 23.7 Å². The molecule has 0 aromatic carbocycles. The molecule has 0 aliphatic heterocycles. The van der Waals surface area contributed by atoms with E-state index in [1.807, 2.05) is 12.1 Å². The van der Waals surface area contributed by atoms with Crippen LogP contribution in [0.25, 0.3) is 0 Å². The molecule has 1 amide bonds. The minimum atomic E-state index is -0.235. The smallest absolute Gasteiger partial charge is 0.220 e. The average Bonchev–Trinajstić information content (AvgIpc) is 2.93. The largest absolute Gasteiger partial charge is 0.393 e. The van der Waals surface area contributed by atoms with Crippen LogP contribution in [0.3, 0.4) is 0 Å². The molecule has 0 unspecified atom stereocenters. The summed E-state index contributed by atoms with van der Waals surface area (Å²) in [6.45, 7) is 0.602. The van der Waals surface area contributed by atoms with Gasteiger partial charge in [-0.1, -0.05) is 18.0 Å². The van der Waals surface area contributed by atoms with Crippen LogP contribution in [0.1, 0.15) is 30.6 Å². The van der Waals surface area contributed by atoms with Crippen LogP contribution in [0, 0.1) is 5.92 Å². The number of halogens is 1. The number of thiophene rings is 1.